The van der Waals surface area contributed by atoms with Crippen molar-refractivity contribution in [1.82, 2.24) is 9.55 Å². The number of esters is 1. The van der Waals surface area contributed by atoms with Crippen molar-refractivity contribution in [3.05, 3.63) is 33.4 Å². The van der Waals surface area contributed by atoms with E-state index in [9.17, 15) is 9.59 Å². The van der Waals surface area contributed by atoms with Crippen molar-refractivity contribution in [3.8, 4) is 0 Å². The third-order valence-corrected chi connectivity index (χ3v) is 6.28. The second-order valence-electron chi connectivity index (χ2n) is 5.71. The third kappa shape index (κ3) is 3.28. The fourth-order valence-corrected chi connectivity index (χ4v) is 5.12. The van der Waals surface area contributed by atoms with Crippen LogP contribution in [-0.2, 0) is 28.9 Å². The van der Waals surface area contributed by atoms with Gasteiger partial charge in [0.15, 0.2) is 5.16 Å². The number of rotatable bonds is 5. The molecule has 0 aromatic carbocycles. The Morgan fingerprint density at radius 3 is 2.96 bits per heavy atom. The summed E-state index contributed by atoms with van der Waals surface area (Å²) < 4.78 is 6.29. The standard InChI is InChI=1S/C17H20N2O3S2/c1-3-9-19-16(21)14-11-7-5-4-6-8-12(11)24-15(14)18-17(19)23-10-13(20)22-2/h3H,1,4-10H2,2H3. The molecule has 24 heavy (non-hydrogen) atoms. The first kappa shape index (κ1) is 17.2. The zero-order valence-electron chi connectivity index (χ0n) is 13.7. The van der Waals surface area contributed by atoms with Gasteiger partial charge in [-0.15, -0.1) is 17.9 Å². The number of thioether (sulfide) groups is 1. The van der Waals surface area contributed by atoms with Gasteiger partial charge in [0.1, 0.15) is 4.83 Å². The molecule has 0 atom stereocenters. The molecule has 0 saturated heterocycles. The Morgan fingerprint density at radius 2 is 2.21 bits per heavy atom. The molecule has 0 fully saturated rings. The lowest BCUT2D eigenvalue weighted by Crippen LogP contribution is -2.23. The van der Waals surface area contributed by atoms with Crippen LogP contribution < -0.4 is 5.56 Å². The van der Waals surface area contributed by atoms with E-state index >= 15 is 0 Å². The second kappa shape index (κ2) is 7.53. The Kier molecular flexibility index (Phi) is 5.40. The minimum Gasteiger partial charge on any atom is -0.468 e. The maximum atomic E-state index is 13.1. The largest absolute Gasteiger partial charge is 0.468 e. The predicted molar refractivity (Wildman–Crippen MR) is 98.1 cm³/mol. The minimum atomic E-state index is -0.332. The van der Waals surface area contributed by atoms with E-state index in [0.29, 0.717) is 11.7 Å². The molecule has 0 amide bonds. The SMILES string of the molecule is C=CCn1c(SCC(=O)OC)nc2sc3c(c2c1=O)CCCCC3. The number of ether oxygens (including phenoxy) is 1. The van der Waals surface area contributed by atoms with Crippen LogP contribution in [-0.4, -0.2) is 28.4 Å². The molecule has 2 aromatic rings. The van der Waals surface area contributed by atoms with Gasteiger partial charge in [0.25, 0.3) is 5.56 Å². The quantitative estimate of drug-likeness (QED) is 0.268. The lowest BCUT2D eigenvalue weighted by Gasteiger charge is -2.10. The summed E-state index contributed by atoms with van der Waals surface area (Å²) in [5.41, 5.74) is 1.17. The zero-order chi connectivity index (χ0) is 17.1. The summed E-state index contributed by atoms with van der Waals surface area (Å²) >= 11 is 2.86. The lowest BCUT2D eigenvalue weighted by molar-refractivity contribution is -0.137. The van der Waals surface area contributed by atoms with Crippen LogP contribution in [0, 0.1) is 0 Å². The number of carbonyl (C=O) groups excluding carboxylic acids is 1. The van der Waals surface area contributed by atoms with Gasteiger partial charge in [-0.2, -0.15) is 0 Å². The van der Waals surface area contributed by atoms with Crippen molar-refractivity contribution >= 4 is 39.3 Å². The van der Waals surface area contributed by atoms with E-state index in [-0.39, 0.29) is 17.3 Å². The van der Waals surface area contributed by atoms with E-state index in [2.05, 4.69) is 16.3 Å². The Hall–Kier alpha value is -1.60. The number of hydrogen-bond donors (Lipinski definition) is 0. The van der Waals surface area contributed by atoms with E-state index in [4.69, 9.17) is 0 Å². The van der Waals surface area contributed by atoms with Crippen molar-refractivity contribution in [3.63, 3.8) is 0 Å². The average Bonchev–Trinajstić information content (AvgIpc) is 2.77. The molecule has 0 N–H and O–H groups in total. The highest BCUT2D eigenvalue weighted by Crippen LogP contribution is 2.34. The molecule has 0 saturated carbocycles. The molecule has 2 aromatic heterocycles. The number of allylic oxidation sites excluding steroid dienone is 1. The Morgan fingerprint density at radius 1 is 1.42 bits per heavy atom. The van der Waals surface area contributed by atoms with Crippen molar-refractivity contribution < 1.29 is 9.53 Å². The fourth-order valence-electron chi connectivity index (χ4n) is 2.98. The van der Waals surface area contributed by atoms with E-state index in [1.54, 1.807) is 22.0 Å². The maximum Gasteiger partial charge on any atom is 0.316 e. The fraction of sp³-hybridized carbons (Fsp3) is 0.471. The highest BCUT2D eigenvalue weighted by molar-refractivity contribution is 7.99. The smallest absolute Gasteiger partial charge is 0.316 e. The number of nitrogens with zero attached hydrogens (tertiary/aromatic N) is 2. The van der Waals surface area contributed by atoms with Crippen LogP contribution in [0.1, 0.15) is 29.7 Å². The van der Waals surface area contributed by atoms with Gasteiger partial charge in [0.2, 0.25) is 0 Å². The number of aromatic nitrogens is 2. The maximum absolute atomic E-state index is 13.1. The number of carbonyl (C=O) groups is 1. The molecule has 128 valence electrons. The minimum absolute atomic E-state index is 0.0216. The average molecular weight is 364 g/mol. The molecule has 1 aliphatic rings. The second-order valence-corrected chi connectivity index (χ2v) is 7.73. The van der Waals surface area contributed by atoms with Gasteiger partial charge in [0, 0.05) is 11.4 Å². The van der Waals surface area contributed by atoms with E-state index in [0.717, 1.165) is 29.5 Å². The van der Waals surface area contributed by atoms with Gasteiger partial charge >= 0.3 is 5.97 Å². The van der Waals surface area contributed by atoms with Gasteiger partial charge in [-0.05, 0) is 31.2 Å². The van der Waals surface area contributed by atoms with Crippen LogP contribution in [0.15, 0.2) is 22.6 Å². The van der Waals surface area contributed by atoms with E-state index in [1.807, 2.05) is 0 Å². The summed E-state index contributed by atoms with van der Waals surface area (Å²) in [6, 6.07) is 0. The highest BCUT2D eigenvalue weighted by atomic mass is 32.2. The van der Waals surface area contributed by atoms with Crippen molar-refractivity contribution in [2.45, 2.75) is 43.8 Å². The van der Waals surface area contributed by atoms with Gasteiger partial charge in [-0.3, -0.25) is 14.2 Å². The third-order valence-electron chi connectivity index (χ3n) is 4.15. The van der Waals surface area contributed by atoms with Gasteiger partial charge in [0.05, 0.1) is 18.2 Å². The first-order valence-corrected chi connectivity index (χ1v) is 9.81. The molecule has 0 unspecified atom stereocenters. The molecule has 7 heteroatoms. The predicted octanol–water partition coefficient (Wildman–Crippen LogP) is 3.18. The molecule has 3 rings (SSSR count). The number of hydrogen-bond acceptors (Lipinski definition) is 6. The summed E-state index contributed by atoms with van der Waals surface area (Å²) in [6.45, 7) is 4.12. The molecular weight excluding hydrogens is 344 g/mol. The molecule has 0 radical (unpaired) electrons. The molecule has 0 aliphatic heterocycles. The lowest BCUT2D eigenvalue weighted by atomic mass is 10.1. The molecular formula is C17H20N2O3S2. The zero-order valence-corrected chi connectivity index (χ0v) is 15.3. The van der Waals surface area contributed by atoms with Crippen LogP contribution in [0.25, 0.3) is 10.2 Å². The van der Waals surface area contributed by atoms with E-state index in [1.165, 1.54) is 42.2 Å². The van der Waals surface area contributed by atoms with E-state index < -0.39 is 0 Å². The summed E-state index contributed by atoms with van der Waals surface area (Å²) in [5.74, 6) is -0.196. The molecule has 5 nitrogen and oxygen atoms in total. The summed E-state index contributed by atoms with van der Waals surface area (Å²) in [4.78, 5) is 31.3. The van der Waals surface area contributed by atoms with Gasteiger partial charge in [-0.1, -0.05) is 24.3 Å². The first-order valence-electron chi connectivity index (χ1n) is 8.01. The van der Waals surface area contributed by atoms with Crippen LogP contribution >= 0.6 is 23.1 Å². The van der Waals surface area contributed by atoms with Crippen molar-refractivity contribution in [2.75, 3.05) is 12.9 Å². The topological polar surface area (TPSA) is 61.2 Å². The normalized spacial score (nSPS) is 14.2. The highest BCUT2D eigenvalue weighted by Gasteiger charge is 2.21. The van der Waals surface area contributed by atoms with Gasteiger partial charge < -0.3 is 4.74 Å². The van der Waals surface area contributed by atoms with Gasteiger partial charge in [-0.25, -0.2) is 4.98 Å². The monoisotopic (exact) mass is 364 g/mol. The summed E-state index contributed by atoms with van der Waals surface area (Å²) in [7, 11) is 1.35. The molecule has 2 heterocycles. The summed E-state index contributed by atoms with van der Waals surface area (Å²) in [5, 5.41) is 1.32. The Bertz CT molecular complexity index is 838. The number of aryl methyl sites for hydroxylation is 2. The number of thiophene rings is 1. The van der Waals surface area contributed by atoms with Crippen molar-refractivity contribution in [2.24, 2.45) is 0 Å². The molecule has 0 bridgehead atoms. The van der Waals surface area contributed by atoms with Crippen molar-refractivity contribution in [1.29, 1.82) is 0 Å². The Balaban J connectivity index is 2.11. The van der Waals surface area contributed by atoms with Crippen LogP contribution in [0.3, 0.4) is 0 Å². The number of methoxy groups -OCH3 is 1. The molecule has 1 aliphatic carbocycles. The number of fused-ring (bicyclic) bond motifs is 3. The van der Waals surface area contributed by atoms with Crippen LogP contribution in [0.4, 0.5) is 0 Å². The molecule has 0 spiro atoms. The first-order chi connectivity index (χ1) is 11.7. The summed E-state index contributed by atoms with van der Waals surface area (Å²) in [6.07, 6.45) is 7.17. The van der Waals surface area contributed by atoms with Crippen LogP contribution in [0.2, 0.25) is 0 Å². The van der Waals surface area contributed by atoms with Crippen LogP contribution in [0.5, 0.6) is 0 Å². The Labute approximate surface area is 148 Å².